The lowest BCUT2D eigenvalue weighted by Gasteiger charge is -2.12. The zero-order valence-corrected chi connectivity index (χ0v) is 10.3. The van der Waals surface area contributed by atoms with E-state index in [0.29, 0.717) is 13.0 Å². The molecule has 1 atom stereocenters. The molecular weight excluding hydrogens is 246 g/mol. The van der Waals surface area contributed by atoms with E-state index in [1.807, 2.05) is 30.3 Å². The number of imidazole rings is 1. The van der Waals surface area contributed by atoms with Crippen LogP contribution in [0.5, 0.6) is 5.75 Å². The molecule has 6 heteroatoms. The third-order valence-corrected chi connectivity index (χ3v) is 2.59. The van der Waals surface area contributed by atoms with E-state index in [9.17, 15) is 9.90 Å². The normalized spacial score (nSPS) is 12.1. The number of rotatable bonds is 6. The van der Waals surface area contributed by atoms with Crippen molar-refractivity contribution in [3.63, 3.8) is 0 Å². The molecule has 0 aliphatic heterocycles. The highest BCUT2D eigenvalue weighted by molar-refractivity contribution is 5.90. The van der Waals surface area contributed by atoms with E-state index in [1.54, 1.807) is 0 Å². The lowest BCUT2D eigenvalue weighted by atomic mass is 10.3. The predicted octanol–water partition coefficient (Wildman–Crippen LogP) is 0.942. The first kappa shape index (κ1) is 13.1. The van der Waals surface area contributed by atoms with E-state index in [1.165, 1.54) is 17.1 Å². The van der Waals surface area contributed by atoms with Crippen molar-refractivity contribution in [2.75, 3.05) is 6.61 Å². The molecule has 1 amide bonds. The maximum Gasteiger partial charge on any atom is 0.268 e. The number of para-hydroxylation sites is 1. The second-order valence-electron chi connectivity index (χ2n) is 4.00. The van der Waals surface area contributed by atoms with E-state index < -0.39 is 12.1 Å². The third kappa shape index (κ3) is 3.56. The molecule has 0 aliphatic carbocycles. The smallest absolute Gasteiger partial charge is 0.268 e. The monoisotopic (exact) mass is 261 g/mol. The Kier molecular flexibility index (Phi) is 4.15. The molecule has 6 nitrogen and oxygen atoms in total. The van der Waals surface area contributed by atoms with Crippen LogP contribution in [0.25, 0.3) is 0 Å². The summed E-state index contributed by atoms with van der Waals surface area (Å²) < 4.78 is 6.89. The number of carbonyl (C=O) groups is 1. The molecule has 0 bridgehead atoms. The van der Waals surface area contributed by atoms with Gasteiger partial charge in [-0.15, -0.1) is 0 Å². The summed E-state index contributed by atoms with van der Waals surface area (Å²) in [6, 6.07) is 9.34. The molecule has 1 heterocycles. The molecule has 1 unspecified atom stereocenters. The number of primary amides is 1. The van der Waals surface area contributed by atoms with E-state index in [4.69, 9.17) is 10.5 Å². The number of hydrogen-bond donors (Lipinski definition) is 2. The minimum Gasteiger partial charge on any atom is -0.493 e. The zero-order chi connectivity index (χ0) is 13.7. The van der Waals surface area contributed by atoms with Crippen LogP contribution in [0.15, 0.2) is 42.9 Å². The van der Waals surface area contributed by atoms with Crippen molar-refractivity contribution < 1.29 is 14.6 Å². The van der Waals surface area contributed by atoms with Crippen molar-refractivity contribution in [3.8, 4) is 5.75 Å². The Balaban J connectivity index is 1.83. The number of benzene rings is 1. The average Bonchev–Trinajstić information content (AvgIpc) is 2.89. The van der Waals surface area contributed by atoms with Crippen LogP contribution in [-0.4, -0.2) is 27.2 Å². The minimum atomic E-state index is -0.802. The maximum atomic E-state index is 10.9. The van der Waals surface area contributed by atoms with Gasteiger partial charge < -0.3 is 20.1 Å². The number of aliphatic hydroxyl groups is 1. The van der Waals surface area contributed by atoms with Crippen molar-refractivity contribution in [2.45, 2.75) is 12.6 Å². The number of nitrogens with zero attached hydrogens (tertiary/aromatic N) is 2. The zero-order valence-electron chi connectivity index (χ0n) is 10.3. The van der Waals surface area contributed by atoms with Crippen LogP contribution in [0.2, 0.25) is 0 Å². The van der Waals surface area contributed by atoms with Crippen LogP contribution >= 0.6 is 0 Å². The van der Waals surface area contributed by atoms with Crippen molar-refractivity contribution in [1.82, 2.24) is 9.55 Å². The van der Waals surface area contributed by atoms with Gasteiger partial charge in [-0.1, -0.05) is 18.2 Å². The molecule has 0 saturated heterocycles. The molecule has 0 saturated carbocycles. The van der Waals surface area contributed by atoms with E-state index in [-0.39, 0.29) is 5.69 Å². The average molecular weight is 261 g/mol. The SMILES string of the molecule is NC(=O)c1cn(C(O)CCOc2ccccc2)cn1. The Bertz CT molecular complexity index is 539. The van der Waals surface area contributed by atoms with Crippen LogP contribution < -0.4 is 10.5 Å². The van der Waals surface area contributed by atoms with Crippen LogP contribution in [-0.2, 0) is 0 Å². The van der Waals surface area contributed by atoms with E-state index in [0.717, 1.165) is 5.75 Å². The van der Waals surface area contributed by atoms with Gasteiger partial charge in [0.2, 0.25) is 0 Å². The third-order valence-electron chi connectivity index (χ3n) is 2.59. The standard InChI is InChI=1S/C13H15N3O3/c14-13(18)11-8-16(9-15-11)12(17)6-7-19-10-4-2-1-3-5-10/h1-5,8-9,12,17H,6-7H2,(H2,14,18). The number of amides is 1. The van der Waals surface area contributed by atoms with Crippen molar-refractivity contribution in [1.29, 1.82) is 0 Å². The summed E-state index contributed by atoms with van der Waals surface area (Å²) >= 11 is 0. The highest BCUT2D eigenvalue weighted by Crippen LogP contribution is 2.12. The van der Waals surface area contributed by atoms with Gasteiger partial charge >= 0.3 is 0 Å². The van der Waals surface area contributed by atoms with Gasteiger partial charge in [-0.3, -0.25) is 4.79 Å². The van der Waals surface area contributed by atoms with Crippen LogP contribution in [0.3, 0.4) is 0 Å². The number of carbonyl (C=O) groups excluding carboxylic acids is 1. The molecule has 100 valence electrons. The van der Waals surface area contributed by atoms with Crippen LogP contribution in [0.1, 0.15) is 23.1 Å². The van der Waals surface area contributed by atoms with Gasteiger partial charge in [-0.2, -0.15) is 0 Å². The van der Waals surface area contributed by atoms with Crippen LogP contribution in [0, 0.1) is 0 Å². The Morgan fingerprint density at radius 2 is 2.16 bits per heavy atom. The molecule has 0 spiro atoms. The van der Waals surface area contributed by atoms with Crippen LogP contribution in [0.4, 0.5) is 0 Å². The Morgan fingerprint density at radius 1 is 1.42 bits per heavy atom. The van der Waals surface area contributed by atoms with Crippen molar-refractivity contribution in [2.24, 2.45) is 5.73 Å². The molecule has 2 rings (SSSR count). The maximum absolute atomic E-state index is 10.9. The second-order valence-corrected chi connectivity index (χ2v) is 4.00. The largest absolute Gasteiger partial charge is 0.493 e. The van der Waals surface area contributed by atoms with E-state index in [2.05, 4.69) is 4.98 Å². The Morgan fingerprint density at radius 3 is 2.79 bits per heavy atom. The van der Waals surface area contributed by atoms with Gasteiger partial charge in [0.1, 0.15) is 17.7 Å². The summed E-state index contributed by atoms with van der Waals surface area (Å²) in [5, 5.41) is 9.88. The van der Waals surface area contributed by atoms with Gasteiger partial charge in [0.25, 0.3) is 5.91 Å². The number of hydrogen-bond acceptors (Lipinski definition) is 4. The predicted molar refractivity (Wildman–Crippen MR) is 68.6 cm³/mol. The number of aromatic nitrogens is 2. The lowest BCUT2D eigenvalue weighted by Crippen LogP contribution is -2.13. The molecule has 0 radical (unpaired) electrons. The highest BCUT2D eigenvalue weighted by atomic mass is 16.5. The molecule has 0 aliphatic rings. The van der Waals surface area contributed by atoms with Gasteiger partial charge in [0, 0.05) is 12.6 Å². The Hall–Kier alpha value is -2.34. The molecule has 2 aromatic rings. The topological polar surface area (TPSA) is 90.4 Å². The number of aliphatic hydroxyl groups excluding tert-OH is 1. The fourth-order valence-corrected chi connectivity index (χ4v) is 1.57. The number of ether oxygens (including phenoxy) is 1. The quantitative estimate of drug-likeness (QED) is 0.809. The van der Waals surface area contributed by atoms with Gasteiger partial charge in [0.05, 0.1) is 12.9 Å². The summed E-state index contributed by atoms with van der Waals surface area (Å²) in [4.78, 5) is 14.7. The molecule has 1 aromatic heterocycles. The second kappa shape index (κ2) is 6.01. The molecule has 1 aromatic carbocycles. The molecule has 3 N–H and O–H groups in total. The molecular formula is C13H15N3O3. The summed E-state index contributed by atoms with van der Waals surface area (Å²) in [6.45, 7) is 0.356. The first-order chi connectivity index (χ1) is 9.16. The fourth-order valence-electron chi connectivity index (χ4n) is 1.57. The minimum absolute atomic E-state index is 0.128. The van der Waals surface area contributed by atoms with Gasteiger partial charge in [0.15, 0.2) is 0 Å². The fraction of sp³-hybridized carbons (Fsp3) is 0.231. The highest BCUT2D eigenvalue weighted by Gasteiger charge is 2.10. The van der Waals surface area contributed by atoms with Crippen molar-refractivity contribution in [3.05, 3.63) is 48.5 Å². The van der Waals surface area contributed by atoms with Crippen molar-refractivity contribution >= 4 is 5.91 Å². The van der Waals surface area contributed by atoms with Gasteiger partial charge in [-0.05, 0) is 12.1 Å². The van der Waals surface area contributed by atoms with E-state index >= 15 is 0 Å². The molecule has 19 heavy (non-hydrogen) atoms. The van der Waals surface area contributed by atoms with Gasteiger partial charge in [-0.25, -0.2) is 4.98 Å². The lowest BCUT2D eigenvalue weighted by molar-refractivity contribution is 0.0770. The summed E-state index contributed by atoms with van der Waals surface area (Å²) in [5.74, 6) is 0.129. The first-order valence-corrected chi connectivity index (χ1v) is 5.86. The summed E-state index contributed by atoms with van der Waals surface area (Å²) in [6.07, 6.45) is 2.36. The molecule has 0 fully saturated rings. The summed E-state index contributed by atoms with van der Waals surface area (Å²) in [7, 11) is 0. The number of nitrogens with two attached hydrogens (primary N) is 1. The summed E-state index contributed by atoms with van der Waals surface area (Å²) in [5.41, 5.74) is 5.21. The Labute approximate surface area is 110 Å². The first-order valence-electron chi connectivity index (χ1n) is 5.86.